The molecule has 0 bridgehead atoms. The lowest BCUT2D eigenvalue weighted by atomic mass is 10.2. The van der Waals surface area contributed by atoms with Gasteiger partial charge in [0.2, 0.25) is 0 Å². The van der Waals surface area contributed by atoms with E-state index in [2.05, 4.69) is 15.6 Å². The standard InChI is InChI=1S/C16H12ClN3O3S/c1-9-10(17)4-2-5-11(9)18-14(21)12-8-23-16(19-12)20-15(22)13-6-3-7-24-13/h2-8H,1H3,(H,18,21)(H,19,20,22). The van der Waals surface area contributed by atoms with Gasteiger partial charge >= 0.3 is 6.01 Å². The molecule has 0 saturated carbocycles. The Balaban J connectivity index is 1.70. The van der Waals surface area contributed by atoms with Crippen LogP contribution >= 0.6 is 22.9 Å². The topological polar surface area (TPSA) is 84.2 Å². The van der Waals surface area contributed by atoms with Crippen LogP contribution in [0.3, 0.4) is 0 Å². The molecule has 2 aromatic heterocycles. The van der Waals surface area contributed by atoms with Gasteiger partial charge in [-0.25, -0.2) is 0 Å². The molecule has 2 heterocycles. The van der Waals surface area contributed by atoms with Gasteiger partial charge < -0.3 is 9.73 Å². The molecule has 0 aliphatic heterocycles. The molecule has 8 heteroatoms. The van der Waals surface area contributed by atoms with Gasteiger partial charge in [0.25, 0.3) is 11.8 Å². The van der Waals surface area contributed by atoms with Crippen LogP contribution in [0.25, 0.3) is 0 Å². The van der Waals surface area contributed by atoms with E-state index in [0.29, 0.717) is 15.6 Å². The molecule has 0 saturated heterocycles. The lowest BCUT2D eigenvalue weighted by Crippen LogP contribution is -2.14. The molecular formula is C16H12ClN3O3S. The molecule has 6 nitrogen and oxygen atoms in total. The molecule has 1 aromatic carbocycles. The van der Waals surface area contributed by atoms with Crippen molar-refractivity contribution in [2.75, 3.05) is 10.6 Å². The third-order valence-electron chi connectivity index (χ3n) is 3.22. The summed E-state index contributed by atoms with van der Waals surface area (Å²) in [6.07, 6.45) is 1.18. The molecule has 3 aromatic rings. The summed E-state index contributed by atoms with van der Waals surface area (Å²) in [4.78, 5) is 28.6. The highest BCUT2D eigenvalue weighted by Crippen LogP contribution is 2.23. The van der Waals surface area contributed by atoms with Crippen LogP contribution in [0.5, 0.6) is 0 Å². The summed E-state index contributed by atoms with van der Waals surface area (Å²) in [5.41, 5.74) is 1.39. The normalized spacial score (nSPS) is 10.4. The Kier molecular flexibility index (Phi) is 4.64. The van der Waals surface area contributed by atoms with Crippen LogP contribution in [0, 0.1) is 6.92 Å². The highest BCUT2D eigenvalue weighted by Gasteiger charge is 2.16. The molecule has 2 amide bonds. The van der Waals surface area contributed by atoms with E-state index in [-0.39, 0.29) is 17.6 Å². The van der Waals surface area contributed by atoms with Crippen LogP contribution in [-0.4, -0.2) is 16.8 Å². The summed E-state index contributed by atoms with van der Waals surface area (Å²) in [7, 11) is 0. The first-order valence-electron chi connectivity index (χ1n) is 6.91. The minimum Gasteiger partial charge on any atom is -0.431 e. The van der Waals surface area contributed by atoms with Crippen LogP contribution in [0.15, 0.2) is 46.4 Å². The van der Waals surface area contributed by atoms with Gasteiger partial charge in [-0.3, -0.25) is 14.9 Å². The molecule has 0 radical (unpaired) electrons. The number of thiophene rings is 1. The number of oxazole rings is 1. The van der Waals surface area contributed by atoms with Crippen LogP contribution in [0.4, 0.5) is 11.7 Å². The molecule has 24 heavy (non-hydrogen) atoms. The molecule has 3 rings (SSSR count). The smallest absolute Gasteiger partial charge is 0.302 e. The lowest BCUT2D eigenvalue weighted by molar-refractivity contribution is 0.101. The average molecular weight is 362 g/mol. The molecular weight excluding hydrogens is 350 g/mol. The Bertz CT molecular complexity index is 890. The van der Waals surface area contributed by atoms with Gasteiger partial charge in [-0.05, 0) is 36.1 Å². The number of anilines is 2. The molecule has 0 fully saturated rings. The number of carbonyl (C=O) groups excluding carboxylic acids is 2. The Hall–Kier alpha value is -2.64. The maximum atomic E-state index is 12.2. The van der Waals surface area contributed by atoms with E-state index in [1.165, 1.54) is 17.6 Å². The summed E-state index contributed by atoms with van der Waals surface area (Å²) >= 11 is 7.32. The van der Waals surface area contributed by atoms with Crippen LogP contribution in [0.2, 0.25) is 5.02 Å². The van der Waals surface area contributed by atoms with E-state index < -0.39 is 5.91 Å². The fraction of sp³-hybridized carbons (Fsp3) is 0.0625. The summed E-state index contributed by atoms with van der Waals surface area (Å²) in [6.45, 7) is 1.80. The van der Waals surface area contributed by atoms with Crippen molar-refractivity contribution in [3.8, 4) is 0 Å². The molecule has 0 spiro atoms. The number of aromatic nitrogens is 1. The number of amides is 2. The van der Waals surface area contributed by atoms with Crippen molar-refractivity contribution in [1.29, 1.82) is 0 Å². The second-order valence-electron chi connectivity index (χ2n) is 4.84. The molecule has 0 unspecified atom stereocenters. The van der Waals surface area contributed by atoms with Crippen molar-refractivity contribution < 1.29 is 14.0 Å². The maximum absolute atomic E-state index is 12.2. The summed E-state index contributed by atoms with van der Waals surface area (Å²) in [6, 6.07) is 8.61. The number of benzene rings is 1. The average Bonchev–Trinajstić information content (AvgIpc) is 3.23. The minimum atomic E-state index is -0.458. The van der Waals surface area contributed by atoms with Gasteiger partial charge in [0.15, 0.2) is 5.69 Å². The fourth-order valence-electron chi connectivity index (χ4n) is 1.93. The predicted octanol–water partition coefficient (Wildman–Crippen LogP) is 4.20. The second-order valence-corrected chi connectivity index (χ2v) is 6.19. The summed E-state index contributed by atoms with van der Waals surface area (Å²) in [5.74, 6) is -0.801. The van der Waals surface area contributed by atoms with Gasteiger partial charge in [0, 0.05) is 10.7 Å². The Labute approximate surface area is 146 Å². The zero-order valence-electron chi connectivity index (χ0n) is 12.5. The molecule has 0 aliphatic rings. The minimum absolute atomic E-state index is 0.0404. The predicted molar refractivity (Wildman–Crippen MR) is 92.9 cm³/mol. The van der Waals surface area contributed by atoms with Gasteiger partial charge in [0.05, 0.1) is 4.88 Å². The molecule has 0 aliphatic carbocycles. The second kappa shape index (κ2) is 6.86. The van der Waals surface area contributed by atoms with E-state index in [1.54, 1.807) is 42.6 Å². The van der Waals surface area contributed by atoms with E-state index >= 15 is 0 Å². The number of rotatable bonds is 4. The van der Waals surface area contributed by atoms with Crippen LogP contribution in [0.1, 0.15) is 25.7 Å². The third-order valence-corrected chi connectivity index (χ3v) is 4.50. The number of hydrogen-bond acceptors (Lipinski definition) is 5. The van der Waals surface area contributed by atoms with Crippen molar-refractivity contribution in [3.05, 3.63) is 63.1 Å². The van der Waals surface area contributed by atoms with Crippen LogP contribution in [-0.2, 0) is 0 Å². The summed E-state index contributed by atoms with van der Waals surface area (Å²) in [5, 5.41) is 7.54. The SMILES string of the molecule is Cc1c(Cl)cccc1NC(=O)c1coc(NC(=O)c2cccs2)n1. The molecule has 122 valence electrons. The van der Waals surface area contributed by atoms with E-state index in [0.717, 1.165) is 5.56 Å². The fourth-order valence-corrected chi connectivity index (χ4v) is 2.72. The molecule has 2 N–H and O–H groups in total. The number of carbonyl (C=O) groups is 2. The third kappa shape index (κ3) is 3.47. The number of halogens is 1. The van der Waals surface area contributed by atoms with Crippen molar-refractivity contribution in [3.63, 3.8) is 0 Å². The van der Waals surface area contributed by atoms with Gasteiger partial charge in [0.1, 0.15) is 6.26 Å². The van der Waals surface area contributed by atoms with Crippen molar-refractivity contribution in [2.24, 2.45) is 0 Å². The number of nitrogens with zero attached hydrogens (tertiary/aromatic N) is 1. The summed E-state index contributed by atoms with van der Waals surface area (Å²) < 4.78 is 5.12. The lowest BCUT2D eigenvalue weighted by Gasteiger charge is -2.07. The number of hydrogen-bond donors (Lipinski definition) is 2. The Morgan fingerprint density at radius 3 is 2.75 bits per heavy atom. The Morgan fingerprint density at radius 1 is 1.17 bits per heavy atom. The highest BCUT2D eigenvalue weighted by molar-refractivity contribution is 7.12. The first-order valence-corrected chi connectivity index (χ1v) is 8.17. The van der Waals surface area contributed by atoms with Gasteiger partial charge in [-0.2, -0.15) is 4.98 Å². The zero-order chi connectivity index (χ0) is 17.1. The number of nitrogens with one attached hydrogen (secondary N) is 2. The van der Waals surface area contributed by atoms with Crippen LogP contribution < -0.4 is 10.6 Å². The van der Waals surface area contributed by atoms with Crippen molar-refractivity contribution in [2.45, 2.75) is 6.92 Å². The van der Waals surface area contributed by atoms with E-state index in [1.807, 2.05) is 0 Å². The van der Waals surface area contributed by atoms with Gasteiger partial charge in [-0.1, -0.05) is 23.7 Å². The molecule has 0 atom stereocenters. The quantitative estimate of drug-likeness (QED) is 0.729. The van der Waals surface area contributed by atoms with Gasteiger partial charge in [-0.15, -0.1) is 11.3 Å². The maximum Gasteiger partial charge on any atom is 0.302 e. The van der Waals surface area contributed by atoms with Crippen molar-refractivity contribution >= 4 is 46.5 Å². The first-order chi connectivity index (χ1) is 11.5. The van der Waals surface area contributed by atoms with E-state index in [9.17, 15) is 9.59 Å². The first kappa shape index (κ1) is 16.2. The monoisotopic (exact) mass is 361 g/mol. The largest absolute Gasteiger partial charge is 0.431 e. The zero-order valence-corrected chi connectivity index (χ0v) is 14.1. The highest BCUT2D eigenvalue weighted by atomic mass is 35.5. The van der Waals surface area contributed by atoms with Crippen molar-refractivity contribution in [1.82, 2.24) is 4.98 Å². The van der Waals surface area contributed by atoms with E-state index in [4.69, 9.17) is 16.0 Å². The Morgan fingerprint density at radius 2 is 2.00 bits per heavy atom.